The molecule has 0 bridgehead atoms. The Morgan fingerprint density at radius 3 is 2.70 bits per heavy atom. The molecule has 1 atom stereocenters. The van der Waals surface area contributed by atoms with E-state index in [1.807, 2.05) is 36.2 Å². The van der Waals surface area contributed by atoms with Gasteiger partial charge in [0.2, 0.25) is 0 Å². The molecule has 0 amide bonds. The quantitative estimate of drug-likeness (QED) is 0.288. The van der Waals surface area contributed by atoms with Crippen molar-refractivity contribution in [3.05, 3.63) is 53.0 Å². The second-order valence-electron chi connectivity index (χ2n) is 10.7. The van der Waals surface area contributed by atoms with E-state index >= 15 is 0 Å². The number of hydrogen-bond donors (Lipinski definition) is 2. The lowest BCUT2D eigenvalue weighted by Gasteiger charge is -2.39. The van der Waals surface area contributed by atoms with Crippen LogP contribution in [0.25, 0.3) is 10.9 Å². The lowest BCUT2D eigenvalue weighted by Crippen LogP contribution is -2.45. The number of aliphatic hydroxyl groups excluding tert-OH is 1. The largest absolute Gasteiger partial charge is 0.497 e. The average molecular weight is 586 g/mol. The molecule has 216 valence electrons. The van der Waals surface area contributed by atoms with E-state index in [-0.39, 0.29) is 0 Å². The number of rotatable bonds is 12. The number of carboxylic acid groups (broad SMARTS) is 1. The van der Waals surface area contributed by atoms with Crippen LogP contribution >= 0.6 is 23.1 Å². The molecule has 2 saturated heterocycles. The van der Waals surface area contributed by atoms with Gasteiger partial charge in [-0.25, -0.2) is 0 Å². The molecule has 2 N–H and O–H groups in total. The van der Waals surface area contributed by atoms with Gasteiger partial charge in [-0.05, 0) is 79.5 Å². The van der Waals surface area contributed by atoms with Crippen LogP contribution in [0.5, 0.6) is 5.75 Å². The second kappa shape index (κ2) is 13.6. The summed E-state index contributed by atoms with van der Waals surface area (Å²) in [5, 5.41) is 24.9. The van der Waals surface area contributed by atoms with Gasteiger partial charge in [0.25, 0.3) is 0 Å². The minimum absolute atomic E-state index is 0.382. The summed E-state index contributed by atoms with van der Waals surface area (Å²) in [5.41, 5.74) is 1.78. The van der Waals surface area contributed by atoms with E-state index < -0.39 is 17.5 Å². The number of fused-ring (bicyclic) bond motifs is 1. The number of likely N-dealkylation sites (tertiary alicyclic amines) is 1. The third-order valence-electron chi connectivity index (χ3n) is 8.34. The van der Waals surface area contributed by atoms with Crippen LogP contribution in [0.2, 0.25) is 0 Å². The van der Waals surface area contributed by atoms with Crippen molar-refractivity contribution in [3.63, 3.8) is 0 Å². The number of aliphatic carboxylic acids is 1. The van der Waals surface area contributed by atoms with Gasteiger partial charge in [0.05, 0.1) is 41.6 Å². The number of morpholine rings is 1. The van der Waals surface area contributed by atoms with E-state index in [4.69, 9.17) is 9.47 Å². The van der Waals surface area contributed by atoms with Crippen molar-refractivity contribution in [2.45, 2.75) is 42.5 Å². The molecule has 2 aliphatic rings. The van der Waals surface area contributed by atoms with Crippen molar-refractivity contribution >= 4 is 40.0 Å². The second-order valence-corrected chi connectivity index (χ2v) is 13.1. The molecule has 40 heavy (non-hydrogen) atoms. The predicted octanol–water partition coefficient (Wildman–Crippen LogP) is 4.91. The third-order valence-corrected chi connectivity index (χ3v) is 10.5. The van der Waals surface area contributed by atoms with Crippen LogP contribution in [0.3, 0.4) is 0 Å². The van der Waals surface area contributed by atoms with Crippen LogP contribution in [0.4, 0.5) is 0 Å². The summed E-state index contributed by atoms with van der Waals surface area (Å²) >= 11 is 3.62. The summed E-state index contributed by atoms with van der Waals surface area (Å²) in [6.07, 6.45) is 3.08. The van der Waals surface area contributed by atoms with Gasteiger partial charge in [-0.15, -0.1) is 23.1 Å². The van der Waals surface area contributed by atoms with Gasteiger partial charge in [-0.2, -0.15) is 0 Å². The number of carboxylic acids is 1. The number of aliphatic hydroxyl groups is 1. The van der Waals surface area contributed by atoms with Crippen LogP contribution in [0.15, 0.2) is 46.1 Å². The number of thioether (sulfide) groups is 1. The van der Waals surface area contributed by atoms with Gasteiger partial charge in [0.1, 0.15) is 5.75 Å². The highest BCUT2D eigenvalue weighted by Gasteiger charge is 2.41. The number of thiophene rings is 1. The molecular weight excluding hydrogens is 546 g/mol. The van der Waals surface area contributed by atoms with Gasteiger partial charge in [-0.3, -0.25) is 14.7 Å². The maximum atomic E-state index is 12.6. The zero-order valence-corrected chi connectivity index (χ0v) is 24.7. The van der Waals surface area contributed by atoms with Gasteiger partial charge in [-0.1, -0.05) is 6.07 Å². The zero-order valence-electron chi connectivity index (χ0n) is 23.1. The first-order valence-electron chi connectivity index (χ1n) is 14.0. The monoisotopic (exact) mass is 585 g/mol. The van der Waals surface area contributed by atoms with E-state index in [0.29, 0.717) is 51.2 Å². The van der Waals surface area contributed by atoms with Gasteiger partial charge in [0.15, 0.2) is 0 Å². The number of methoxy groups -OCH3 is 1. The van der Waals surface area contributed by atoms with Gasteiger partial charge < -0.3 is 24.6 Å². The van der Waals surface area contributed by atoms with Crippen LogP contribution in [0, 0.1) is 5.41 Å². The standard InChI is InChI=1S/C30H39N3O5S2/c1-37-23-4-5-25-24(19-23)28(22(20-31-25)21-33-12-15-38-16-13-33)26(34)6-7-30(29(35)36)8-10-32(11-9-30)14-18-40-27-3-2-17-39-27/h2-5,17,19-20,26,34H,6-16,18,21H2,1H3,(H,35,36)/t26-/m0/s1. The molecule has 3 aromatic rings. The summed E-state index contributed by atoms with van der Waals surface area (Å²) in [6, 6.07) is 9.93. The van der Waals surface area contributed by atoms with E-state index in [2.05, 4.69) is 32.3 Å². The lowest BCUT2D eigenvalue weighted by atomic mass is 9.74. The Bertz CT molecular complexity index is 1260. The first kappa shape index (κ1) is 29.3. The lowest BCUT2D eigenvalue weighted by molar-refractivity contribution is -0.153. The Kier molecular flexibility index (Phi) is 9.98. The van der Waals surface area contributed by atoms with Crippen LogP contribution in [-0.2, 0) is 16.1 Å². The smallest absolute Gasteiger partial charge is 0.309 e. The van der Waals surface area contributed by atoms with Crippen LogP contribution < -0.4 is 4.74 Å². The molecular formula is C30H39N3O5S2. The van der Waals surface area contributed by atoms with Crippen molar-refractivity contribution in [1.29, 1.82) is 0 Å². The molecule has 0 unspecified atom stereocenters. The molecule has 0 spiro atoms. The molecule has 8 nitrogen and oxygen atoms in total. The number of hydrogen-bond acceptors (Lipinski definition) is 9. The third kappa shape index (κ3) is 6.98. The summed E-state index contributed by atoms with van der Waals surface area (Å²) in [5.74, 6) is 0.962. The highest BCUT2D eigenvalue weighted by Crippen LogP contribution is 2.40. The molecule has 5 rings (SSSR count). The number of aromatic nitrogens is 1. The molecule has 10 heteroatoms. The van der Waals surface area contributed by atoms with Crippen LogP contribution in [0.1, 0.15) is 42.9 Å². The first-order chi connectivity index (χ1) is 19.5. The van der Waals surface area contributed by atoms with E-state index in [1.165, 1.54) is 4.21 Å². The molecule has 2 aliphatic heterocycles. The number of pyridine rings is 1. The highest BCUT2D eigenvalue weighted by atomic mass is 32.2. The van der Waals surface area contributed by atoms with Gasteiger partial charge >= 0.3 is 5.97 Å². The van der Waals surface area contributed by atoms with Gasteiger partial charge in [0, 0.05) is 43.5 Å². The zero-order chi connectivity index (χ0) is 28.0. The summed E-state index contributed by atoms with van der Waals surface area (Å²) in [7, 11) is 1.63. The van der Waals surface area contributed by atoms with Crippen LogP contribution in [-0.4, -0.2) is 89.8 Å². The number of nitrogens with zero attached hydrogens (tertiary/aromatic N) is 3. The molecule has 0 saturated carbocycles. The number of piperidine rings is 1. The highest BCUT2D eigenvalue weighted by molar-refractivity contribution is 8.01. The van der Waals surface area contributed by atoms with E-state index in [1.54, 1.807) is 18.4 Å². The Labute approximate surface area is 244 Å². The SMILES string of the molecule is COc1ccc2ncc(CN3CCOCC3)c([C@@H](O)CCC3(C(=O)O)CCN(CCSc4cccs4)CC3)c2c1. The predicted molar refractivity (Wildman–Crippen MR) is 159 cm³/mol. The number of benzene rings is 1. The minimum atomic E-state index is -0.816. The molecule has 2 fully saturated rings. The van der Waals surface area contributed by atoms with E-state index in [0.717, 1.165) is 60.5 Å². The average Bonchev–Trinajstić information content (AvgIpc) is 3.50. The summed E-state index contributed by atoms with van der Waals surface area (Å²) in [6.45, 7) is 6.20. The van der Waals surface area contributed by atoms with Crippen molar-refractivity contribution < 1.29 is 24.5 Å². The molecule has 0 radical (unpaired) electrons. The van der Waals surface area contributed by atoms with Crippen molar-refractivity contribution in [1.82, 2.24) is 14.8 Å². The molecule has 4 heterocycles. The van der Waals surface area contributed by atoms with E-state index in [9.17, 15) is 15.0 Å². The van der Waals surface area contributed by atoms with Crippen molar-refractivity contribution in [2.24, 2.45) is 5.41 Å². The topological polar surface area (TPSA) is 95.4 Å². The van der Waals surface area contributed by atoms with Crippen molar-refractivity contribution in [3.8, 4) is 5.75 Å². The first-order valence-corrected chi connectivity index (χ1v) is 15.9. The summed E-state index contributed by atoms with van der Waals surface area (Å²) in [4.78, 5) is 21.9. The maximum absolute atomic E-state index is 12.6. The fourth-order valence-corrected chi connectivity index (χ4v) is 7.70. The Balaban J connectivity index is 1.28. The Morgan fingerprint density at radius 1 is 1.20 bits per heavy atom. The maximum Gasteiger partial charge on any atom is 0.309 e. The normalized spacial score (nSPS) is 19.1. The number of ether oxygens (including phenoxy) is 2. The number of carbonyl (C=O) groups is 1. The minimum Gasteiger partial charge on any atom is -0.497 e. The fraction of sp³-hybridized carbons (Fsp3) is 0.533. The van der Waals surface area contributed by atoms with Crippen molar-refractivity contribution in [2.75, 3.05) is 58.8 Å². The Morgan fingerprint density at radius 2 is 2.00 bits per heavy atom. The fourth-order valence-electron chi connectivity index (χ4n) is 5.83. The Hall–Kier alpha value is -2.21. The molecule has 0 aliphatic carbocycles. The summed E-state index contributed by atoms with van der Waals surface area (Å²) < 4.78 is 12.3. The molecule has 2 aromatic heterocycles. The molecule has 1 aromatic carbocycles.